The molecule has 2 heterocycles. The number of aromatic nitrogens is 3. The van der Waals surface area contributed by atoms with Crippen molar-refractivity contribution in [2.24, 2.45) is 0 Å². The molecule has 0 aliphatic heterocycles. The van der Waals surface area contributed by atoms with Crippen LogP contribution in [0.3, 0.4) is 0 Å². The quantitative estimate of drug-likeness (QED) is 0.729. The maximum absolute atomic E-state index is 5.48. The van der Waals surface area contributed by atoms with E-state index >= 15 is 0 Å². The van der Waals surface area contributed by atoms with Crippen molar-refractivity contribution < 1.29 is 4.42 Å². The van der Waals surface area contributed by atoms with E-state index in [0.717, 1.165) is 11.3 Å². The van der Waals surface area contributed by atoms with E-state index in [1.165, 1.54) is 0 Å². The number of H-pyrrole nitrogens is 1. The molecule has 0 saturated carbocycles. The number of furan rings is 1. The third-order valence-corrected chi connectivity index (χ3v) is 2.49. The molecule has 0 fully saturated rings. The molecule has 84 valence electrons. The van der Waals surface area contributed by atoms with Gasteiger partial charge in [-0.1, -0.05) is 30.3 Å². The summed E-state index contributed by atoms with van der Waals surface area (Å²) in [6.45, 7) is 1.90. The largest absolute Gasteiger partial charge is 0.458 e. The van der Waals surface area contributed by atoms with Crippen molar-refractivity contribution in [1.82, 2.24) is 15.2 Å². The van der Waals surface area contributed by atoms with Crippen LogP contribution in [0.4, 0.5) is 0 Å². The van der Waals surface area contributed by atoms with E-state index in [0.29, 0.717) is 17.4 Å². The zero-order valence-corrected chi connectivity index (χ0v) is 9.34. The van der Waals surface area contributed by atoms with E-state index in [1.54, 1.807) is 0 Å². The van der Waals surface area contributed by atoms with Gasteiger partial charge < -0.3 is 4.42 Å². The first-order valence-corrected chi connectivity index (χ1v) is 5.37. The van der Waals surface area contributed by atoms with Crippen LogP contribution in [-0.2, 0) is 0 Å². The zero-order valence-electron chi connectivity index (χ0n) is 9.34. The van der Waals surface area contributed by atoms with Crippen molar-refractivity contribution in [2.75, 3.05) is 0 Å². The summed E-state index contributed by atoms with van der Waals surface area (Å²) < 4.78 is 5.48. The van der Waals surface area contributed by atoms with Crippen molar-refractivity contribution in [3.05, 3.63) is 48.2 Å². The fraction of sp³-hybridized carbons (Fsp3) is 0.0769. The average molecular weight is 225 g/mol. The third kappa shape index (κ3) is 1.85. The molecule has 3 rings (SSSR count). The molecule has 0 saturated heterocycles. The van der Waals surface area contributed by atoms with Gasteiger partial charge in [-0.05, 0) is 19.1 Å². The van der Waals surface area contributed by atoms with Gasteiger partial charge in [0.25, 0.3) is 0 Å². The lowest BCUT2D eigenvalue weighted by Crippen LogP contribution is -1.79. The lowest BCUT2D eigenvalue weighted by molar-refractivity contribution is 0.544. The van der Waals surface area contributed by atoms with Crippen molar-refractivity contribution in [1.29, 1.82) is 0 Å². The summed E-state index contributed by atoms with van der Waals surface area (Å²) in [5.74, 6) is 2.89. The second-order valence-electron chi connectivity index (χ2n) is 3.78. The molecule has 3 aromatic rings. The van der Waals surface area contributed by atoms with Crippen LogP contribution in [0.1, 0.15) is 5.76 Å². The summed E-state index contributed by atoms with van der Waals surface area (Å²) in [7, 11) is 0. The topological polar surface area (TPSA) is 54.7 Å². The van der Waals surface area contributed by atoms with Gasteiger partial charge in [-0.25, -0.2) is 4.98 Å². The van der Waals surface area contributed by atoms with Gasteiger partial charge in [0.2, 0.25) is 0 Å². The highest BCUT2D eigenvalue weighted by Gasteiger charge is 2.09. The first-order chi connectivity index (χ1) is 8.33. The summed E-state index contributed by atoms with van der Waals surface area (Å²) in [4.78, 5) is 4.40. The Hall–Kier alpha value is -2.36. The van der Waals surface area contributed by atoms with Crippen molar-refractivity contribution in [3.8, 4) is 23.0 Å². The van der Waals surface area contributed by atoms with Crippen LogP contribution in [0, 0.1) is 6.92 Å². The Morgan fingerprint density at radius 3 is 2.59 bits per heavy atom. The fourth-order valence-electron chi connectivity index (χ4n) is 1.65. The van der Waals surface area contributed by atoms with Gasteiger partial charge >= 0.3 is 0 Å². The van der Waals surface area contributed by atoms with E-state index in [-0.39, 0.29) is 0 Å². The van der Waals surface area contributed by atoms with Crippen LogP contribution >= 0.6 is 0 Å². The smallest absolute Gasteiger partial charge is 0.192 e. The van der Waals surface area contributed by atoms with Crippen molar-refractivity contribution in [3.63, 3.8) is 0 Å². The molecule has 0 atom stereocenters. The molecule has 0 unspecified atom stereocenters. The number of rotatable bonds is 2. The summed E-state index contributed by atoms with van der Waals surface area (Å²) in [5, 5.41) is 7.05. The van der Waals surface area contributed by atoms with Gasteiger partial charge in [0.05, 0.1) is 0 Å². The van der Waals surface area contributed by atoms with Crippen molar-refractivity contribution >= 4 is 0 Å². The Labute approximate surface area is 98.3 Å². The molecule has 0 aliphatic rings. The molecule has 0 bridgehead atoms. The Kier molecular flexibility index (Phi) is 2.26. The summed E-state index contributed by atoms with van der Waals surface area (Å²) >= 11 is 0. The lowest BCUT2D eigenvalue weighted by atomic mass is 10.2. The third-order valence-electron chi connectivity index (χ3n) is 2.49. The highest BCUT2D eigenvalue weighted by Crippen LogP contribution is 2.21. The van der Waals surface area contributed by atoms with E-state index in [2.05, 4.69) is 15.2 Å². The molecule has 0 radical (unpaired) electrons. The van der Waals surface area contributed by atoms with Crippen LogP contribution in [0.15, 0.2) is 46.9 Å². The second-order valence-corrected chi connectivity index (χ2v) is 3.78. The van der Waals surface area contributed by atoms with Crippen LogP contribution in [0.2, 0.25) is 0 Å². The number of hydrogen-bond acceptors (Lipinski definition) is 3. The monoisotopic (exact) mass is 225 g/mol. The lowest BCUT2D eigenvalue weighted by Gasteiger charge is -1.91. The first kappa shape index (κ1) is 9.84. The van der Waals surface area contributed by atoms with E-state index < -0.39 is 0 Å². The minimum Gasteiger partial charge on any atom is -0.458 e. The van der Waals surface area contributed by atoms with Gasteiger partial charge in [0, 0.05) is 5.56 Å². The number of aryl methyl sites for hydroxylation is 1. The number of aromatic amines is 1. The predicted octanol–water partition coefficient (Wildman–Crippen LogP) is 3.04. The minimum atomic E-state index is 0.650. The van der Waals surface area contributed by atoms with Crippen LogP contribution in [0.5, 0.6) is 0 Å². The predicted molar refractivity (Wildman–Crippen MR) is 64.3 cm³/mol. The van der Waals surface area contributed by atoms with Crippen LogP contribution in [0.25, 0.3) is 23.0 Å². The zero-order chi connectivity index (χ0) is 11.7. The summed E-state index contributed by atoms with van der Waals surface area (Å²) in [6, 6.07) is 13.6. The number of nitrogens with one attached hydrogen (secondary N) is 1. The number of benzene rings is 1. The molecule has 1 N–H and O–H groups in total. The molecular formula is C13H11N3O. The molecule has 4 nitrogen and oxygen atoms in total. The van der Waals surface area contributed by atoms with E-state index in [9.17, 15) is 0 Å². The average Bonchev–Trinajstić information content (AvgIpc) is 2.98. The molecule has 2 aromatic heterocycles. The molecule has 17 heavy (non-hydrogen) atoms. The highest BCUT2D eigenvalue weighted by atomic mass is 16.3. The fourth-order valence-corrected chi connectivity index (χ4v) is 1.65. The Bertz CT molecular complexity index is 625. The summed E-state index contributed by atoms with van der Waals surface area (Å²) in [6.07, 6.45) is 0. The van der Waals surface area contributed by atoms with Crippen LogP contribution in [-0.4, -0.2) is 15.2 Å². The molecule has 0 amide bonds. The molecular weight excluding hydrogens is 214 g/mol. The second kappa shape index (κ2) is 3.90. The van der Waals surface area contributed by atoms with Gasteiger partial charge in [-0.15, -0.1) is 0 Å². The first-order valence-electron chi connectivity index (χ1n) is 5.37. The van der Waals surface area contributed by atoms with Gasteiger partial charge in [0.15, 0.2) is 17.4 Å². The Morgan fingerprint density at radius 2 is 1.88 bits per heavy atom. The highest BCUT2D eigenvalue weighted by molar-refractivity contribution is 5.58. The molecule has 4 heteroatoms. The van der Waals surface area contributed by atoms with E-state index in [4.69, 9.17) is 4.42 Å². The standard InChI is InChI=1S/C13H11N3O/c1-9-7-8-11(17-9)13-14-12(15-16-13)10-5-3-2-4-6-10/h2-8H,1H3,(H,14,15,16). The number of nitrogens with zero attached hydrogens (tertiary/aromatic N) is 2. The van der Waals surface area contributed by atoms with E-state index in [1.807, 2.05) is 49.4 Å². The number of hydrogen-bond donors (Lipinski definition) is 1. The van der Waals surface area contributed by atoms with Crippen LogP contribution < -0.4 is 0 Å². The van der Waals surface area contributed by atoms with Crippen molar-refractivity contribution in [2.45, 2.75) is 6.92 Å². The normalized spacial score (nSPS) is 10.6. The van der Waals surface area contributed by atoms with Gasteiger partial charge in [-0.2, -0.15) is 5.10 Å². The Balaban J connectivity index is 1.99. The minimum absolute atomic E-state index is 0.650. The van der Waals surface area contributed by atoms with Gasteiger partial charge in [-0.3, -0.25) is 5.10 Å². The maximum atomic E-state index is 5.48. The molecule has 0 spiro atoms. The Morgan fingerprint density at radius 1 is 1.06 bits per heavy atom. The molecule has 0 aliphatic carbocycles. The maximum Gasteiger partial charge on any atom is 0.192 e. The molecule has 1 aromatic carbocycles. The summed E-state index contributed by atoms with van der Waals surface area (Å²) in [5.41, 5.74) is 0.985. The van der Waals surface area contributed by atoms with Gasteiger partial charge in [0.1, 0.15) is 5.76 Å². The SMILES string of the molecule is Cc1ccc(-c2nc(-c3ccccc3)n[nH]2)o1.